The van der Waals surface area contributed by atoms with Gasteiger partial charge in [0.05, 0.1) is 6.04 Å². The van der Waals surface area contributed by atoms with Crippen molar-refractivity contribution in [2.75, 3.05) is 0 Å². The Hall–Kier alpha value is -0.770. The van der Waals surface area contributed by atoms with Crippen LogP contribution in [0, 0.1) is 11.8 Å². The van der Waals surface area contributed by atoms with Gasteiger partial charge in [-0.05, 0) is 31.1 Å². The van der Waals surface area contributed by atoms with Crippen molar-refractivity contribution in [1.29, 1.82) is 0 Å². The summed E-state index contributed by atoms with van der Waals surface area (Å²) in [7, 11) is 0. The van der Waals surface area contributed by atoms with Crippen LogP contribution in [0.2, 0.25) is 0 Å². The fourth-order valence-corrected chi connectivity index (χ4v) is 2.05. The molecule has 13 heavy (non-hydrogen) atoms. The molecule has 76 valence electrons. The highest BCUT2D eigenvalue weighted by Crippen LogP contribution is 2.30. The van der Waals surface area contributed by atoms with Gasteiger partial charge in [-0.15, -0.1) is 0 Å². The lowest BCUT2D eigenvalue weighted by Gasteiger charge is -2.29. The summed E-state index contributed by atoms with van der Waals surface area (Å²) < 4.78 is 0. The maximum atomic E-state index is 8.50. The van der Waals surface area contributed by atoms with Gasteiger partial charge in [-0.1, -0.05) is 13.8 Å². The summed E-state index contributed by atoms with van der Waals surface area (Å²) in [4.78, 5) is 4.20. The highest BCUT2D eigenvalue weighted by molar-refractivity contribution is 5.76. The Morgan fingerprint density at radius 3 is 2.69 bits per heavy atom. The standard InChI is InChI=1S/C9H19N3O/c1-6-3-4-8(7(2)5-6)11-9(10)12-13/h6-8,13H,3-5H2,1-2H3,(H3,10,11,12). The number of nitrogens with zero attached hydrogens (tertiary/aromatic N) is 1. The molecule has 3 unspecified atom stereocenters. The minimum absolute atomic E-state index is 0.131. The zero-order valence-electron chi connectivity index (χ0n) is 8.33. The van der Waals surface area contributed by atoms with Gasteiger partial charge in [-0.3, -0.25) is 5.21 Å². The van der Waals surface area contributed by atoms with Crippen LogP contribution in [0.5, 0.6) is 0 Å². The molecule has 4 N–H and O–H groups in total. The van der Waals surface area contributed by atoms with Crippen molar-refractivity contribution < 1.29 is 5.21 Å². The Bertz CT molecular complexity index is 193. The van der Waals surface area contributed by atoms with E-state index < -0.39 is 0 Å². The molecular formula is C9H19N3O. The molecular weight excluding hydrogens is 166 g/mol. The molecule has 0 aromatic heterocycles. The molecule has 1 saturated carbocycles. The molecule has 0 bridgehead atoms. The van der Waals surface area contributed by atoms with Gasteiger partial charge in [0.15, 0.2) is 0 Å². The predicted molar refractivity (Wildman–Crippen MR) is 52.5 cm³/mol. The second-order valence-corrected chi connectivity index (χ2v) is 4.09. The van der Waals surface area contributed by atoms with Crippen molar-refractivity contribution in [1.82, 2.24) is 5.48 Å². The normalized spacial score (nSPS) is 35.9. The minimum atomic E-state index is 0.131. The monoisotopic (exact) mass is 185 g/mol. The lowest BCUT2D eigenvalue weighted by molar-refractivity contribution is 0.226. The SMILES string of the molecule is CC1CCC(N=C(N)NO)C(C)C1. The molecule has 0 aromatic carbocycles. The van der Waals surface area contributed by atoms with E-state index in [1.165, 1.54) is 12.8 Å². The van der Waals surface area contributed by atoms with Gasteiger partial charge in [0.25, 0.3) is 0 Å². The third-order valence-electron chi connectivity index (χ3n) is 2.81. The van der Waals surface area contributed by atoms with E-state index >= 15 is 0 Å². The lowest BCUT2D eigenvalue weighted by atomic mass is 9.80. The number of rotatable bonds is 1. The first-order chi connectivity index (χ1) is 6.13. The number of nitrogens with two attached hydrogens (primary N) is 1. The molecule has 0 heterocycles. The Morgan fingerprint density at radius 1 is 1.46 bits per heavy atom. The number of nitrogens with one attached hydrogen (secondary N) is 1. The van der Waals surface area contributed by atoms with Crippen LogP contribution >= 0.6 is 0 Å². The molecule has 0 spiro atoms. The van der Waals surface area contributed by atoms with E-state index in [1.807, 2.05) is 5.48 Å². The van der Waals surface area contributed by atoms with E-state index in [2.05, 4.69) is 18.8 Å². The van der Waals surface area contributed by atoms with E-state index in [-0.39, 0.29) is 12.0 Å². The zero-order chi connectivity index (χ0) is 9.84. The summed E-state index contributed by atoms with van der Waals surface area (Å²) in [5.74, 6) is 1.49. The third-order valence-corrected chi connectivity index (χ3v) is 2.81. The Labute approximate surface area is 79.2 Å². The Kier molecular flexibility index (Phi) is 3.54. The van der Waals surface area contributed by atoms with Crippen molar-refractivity contribution in [3.63, 3.8) is 0 Å². The van der Waals surface area contributed by atoms with E-state index in [0.717, 1.165) is 12.3 Å². The maximum absolute atomic E-state index is 8.50. The molecule has 1 fully saturated rings. The molecule has 0 amide bonds. The predicted octanol–water partition coefficient (Wildman–Crippen LogP) is 1.10. The van der Waals surface area contributed by atoms with Crippen LogP contribution in [0.15, 0.2) is 4.99 Å². The van der Waals surface area contributed by atoms with Crippen molar-refractivity contribution in [3.05, 3.63) is 0 Å². The van der Waals surface area contributed by atoms with Crippen LogP contribution in [-0.4, -0.2) is 17.2 Å². The molecule has 0 radical (unpaired) electrons. The van der Waals surface area contributed by atoms with Crippen LogP contribution in [0.25, 0.3) is 0 Å². The molecule has 0 saturated heterocycles. The fraction of sp³-hybridized carbons (Fsp3) is 0.889. The Balaban J connectivity index is 2.51. The van der Waals surface area contributed by atoms with Gasteiger partial charge in [0, 0.05) is 0 Å². The van der Waals surface area contributed by atoms with Gasteiger partial charge in [0.1, 0.15) is 0 Å². The summed E-state index contributed by atoms with van der Waals surface area (Å²) in [6.45, 7) is 4.46. The van der Waals surface area contributed by atoms with Crippen LogP contribution in [0.3, 0.4) is 0 Å². The first kappa shape index (κ1) is 10.3. The third kappa shape index (κ3) is 2.88. The molecule has 0 aromatic rings. The van der Waals surface area contributed by atoms with E-state index in [0.29, 0.717) is 5.92 Å². The number of hydroxylamine groups is 1. The largest absolute Gasteiger partial charge is 0.368 e. The maximum Gasteiger partial charge on any atom is 0.213 e. The van der Waals surface area contributed by atoms with Crippen LogP contribution in [-0.2, 0) is 0 Å². The summed E-state index contributed by atoms with van der Waals surface area (Å²) in [5.41, 5.74) is 7.26. The fourth-order valence-electron chi connectivity index (χ4n) is 2.05. The summed E-state index contributed by atoms with van der Waals surface area (Å²) in [6.07, 6.45) is 3.48. The average molecular weight is 185 g/mol. The first-order valence-electron chi connectivity index (χ1n) is 4.87. The highest BCUT2D eigenvalue weighted by Gasteiger charge is 2.24. The van der Waals surface area contributed by atoms with Gasteiger partial charge >= 0.3 is 0 Å². The zero-order valence-corrected chi connectivity index (χ0v) is 8.33. The quantitative estimate of drug-likeness (QED) is 0.325. The summed E-state index contributed by atoms with van der Waals surface area (Å²) in [6, 6.07) is 0.274. The molecule has 1 rings (SSSR count). The first-order valence-corrected chi connectivity index (χ1v) is 4.87. The number of aliphatic imine (C=N–C) groups is 1. The molecule has 1 aliphatic rings. The molecule has 1 aliphatic carbocycles. The summed E-state index contributed by atoms with van der Waals surface area (Å²) >= 11 is 0. The van der Waals surface area contributed by atoms with E-state index in [4.69, 9.17) is 10.9 Å². The lowest BCUT2D eigenvalue weighted by Crippen LogP contribution is -2.33. The second kappa shape index (κ2) is 4.46. The molecule has 4 nitrogen and oxygen atoms in total. The number of hydrogen-bond donors (Lipinski definition) is 3. The van der Waals surface area contributed by atoms with Crippen molar-refractivity contribution in [2.45, 2.75) is 39.2 Å². The van der Waals surface area contributed by atoms with Gasteiger partial charge in [-0.2, -0.15) is 0 Å². The van der Waals surface area contributed by atoms with Crippen LogP contribution < -0.4 is 11.2 Å². The van der Waals surface area contributed by atoms with Gasteiger partial charge in [0.2, 0.25) is 5.96 Å². The highest BCUT2D eigenvalue weighted by atomic mass is 16.5. The number of hydrogen-bond acceptors (Lipinski definition) is 2. The Morgan fingerprint density at radius 2 is 2.15 bits per heavy atom. The molecule has 0 aliphatic heterocycles. The van der Waals surface area contributed by atoms with Gasteiger partial charge < -0.3 is 5.73 Å². The van der Waals surface area contributed by atoms with Crippen LogP contribution in [0.4, 0.5) is 0 Å². The molecule has 3 atom stereocenters. The number of guanidine groups is 1. The van der Waals surface area contributed by atoms with E-state index in [9.17, 15) is 0 Å². The minimum Gasteiger partial charge on any atom is -0.368 e. The van der Waals surface area contributed by atoms with Crippen LogP contribution in [0.1, 0.15) is 33.1 Å². The summed E-state index contributed by atoms with van der Waals surface area (Å²) in [5, 5.41) is 8.50. The van der Waals surface area contributed by atoms with E-state index in [1.54, 1.807) is 0 Å². The average Bonchev–Trinajstić information content (AvgIpc) is 2.09. The second-order valence-electron chi connectivity index (χ2n) is 4.09. The van der Waals surface area contributed by atoms with Crippen molar-refractivity contribution in [3.8, 4) is 0 Å². The van der Waals surface area contributed by atoms with Gasteiger partial charge in [-0.25, -0.2) is 10.5 Å². The topological polar surface area (TPSA) is 70.6 Å². The smallest absolute Gasteiger partial charge is 0.213 e. The van der Waals surface area contributed by atoms with Crippen molar-refractivity contribution >= 4 is 5.96 Å². The van der Waals surface area contributed by atoms with Crippen molar-refractivity contribution in [2.24, 2.45) is 22.6 Å². The molecule has 4 heteroatoms.